The fraction of sp³-hybridized carbons (Fsp3) is 0.500. The summed E-state index contributed by atoms with van der Waals surface area (Å²) in [6, 6.07) is 9.99. The first-order valence-electron chi connectivity index (χ1n) is 9.37. The van der Waals surface area contributed by atoms with Crippen LogP contribution in [0.5, 0.6) is 0 Å². The van der Waals surface area contributed by atoms with Crippen LogP contribution in [0.15, 0.2) is 30.3 Å². The quantitative estimate of drug-likeness (QED) is 0.868. The third-order valence-electron chi connectivity index (χ3n) is 5.41. The lowest BCUT2D eigenvalue weighted by Gasteiger charge is -2.27. The Bertz CT molecular complexity index is 779. The van der Waals surface area contributed by atoms with E-state index in [1.807, 2.05) is 49.3 Å². The summed E-state index contributed by atoms with van der Waals surface area (Å²) in [7, 11) is 3.95. The monoisotopic (exact) mass is 353 g/mol. The summed E-state index contributed by atoms with van der Waals surface area (Å²) in [6.07, 6.45) is 2.56. The number of fused-ring (bicyclic) bond motifs is 1. The number of aliphatic hydroxyl groups is 1. The van der Waals surface area contributed by atoms with Gasteiger partial charge in [-0.2, -0.15) is 4.98 Å². The lowest BCUT2D eigenvalue weighted by atomic mass is 9.93. The average Bonchev–Trinajstić information content (AvgIpc) is 2.90. The highest BCUT2D eigenvalue weighted by Crippen LogP contribution is 2.36. The van der Waals surface area contributed by atoms with Crippen molar-refractivity contribution in [2.45, 2.75) is 24.9 Å². The van der Waals surface area contributed by atoms with Crippen LogP contribution in [0.3, 0.4) is 0 Å². The van der Waals surface area contributed by atoms with E-state index >= 15 is 0 Å². The Balaban J connectivity index is 1.70. The molecule has 1 saturated heterocycles. The SMILES string of the molecule is CN(C)c1nc2c(c(N3CC[C@](O)(c4ccccc4)C3)n1)CCNCC2. The number of benzene rings is 1. The van der Waals surface area contributed by atoms with E-state index < -0.39 is 5.60 Å². The van der Waals surface area contributed by atoms with Crippen LogP contribution in [0, 0.1) is 0 Å². The predicted octanol–water partition coefficient (Wildman–Crippen LogP) is 1.33. The minimum Gasteiger partial charge on any atom is -0.383 e. The van der Waals surface area contributed by atoms with E-state index in [4.69, 9.17) is 9.97 Å². The van der Waals surface area contributed by atoms with Gasteiger partial charge in [-0.25, -0.2) is 4.98 Å². The number of rotatable bonds is 3. The average molecular weight is 353 g/mol. The highest BCUT2D eigenvalue weighted by Gasteiger charge is 2.39. The highest BCUT2D eigenvalue weighted by atomic mass is 16.3. The van der Waals surface area contributed by atoms with Crippen LogP contribution in [0.4, 0.5) is 11.8 Å². The molecule has 0 bridgehead atoms. The zero-order valence-electron chi connectivity index (χ0n) is 15.6. The molecule has 2 aliphatic rings. The molecule has 0 radical (unpaired) electrons. The fourth-order valence-corrected chi connectivity index (χ4v) is 3.93. The van der Waals surface area contributed by atoms with Crippen LogP contribution in [0.1, 0.15) is 23.2 Å². The number of β-amino-alcohol motifs (C(OH)–C–C–N with tert-alkyl or cyclic N) is 1. The Labute approximate surface area is 154 Å². The molecule has 1 atom stereocenters. The Morgan fingerprint density at radius 1 is 1.12 bits per heavy atom. The second kappa shape index (κ2) is 6.85. The van der Waals surface area contributed by atoms with Crippen LogP contribution in [0.25, 0.3) is 0 Å². The van der Waals surface area contributed by atoms with E-state index in [0.717, 1.165) is 55.5 Å². The Morgan fingerprint density at radius 3 is 2.65 bits per heavy atom. The zero-order chi connectivity index (χ0) is 18.1. The third-order valence-corrected chi connectivity index (χ3v) is 5.41. The summed E-state index contributed by atoms with van der Waals surface area (Å²) < 4.78 is 0. The predicted molar refractivity (Wildman–Crippen MR) is 104 cm³/mol. The van der Waals surface area contributed by atoms with Crippen molar-refractivity contribution in [2.75, 3.05) is 50.1 Å². The molecule has 138 valence electrons. The van der Waals surface area contributed by atoms with Gasteiger partial charge >= 0.3 is 0 Å². The molecule has 2 aliphatic heterocycles. The maximum atomic E-state index is 11.2. The van der Waals surface area contributed by atoms with Crippen LogP contribution >= 0.6 is 0 Å². The summed E-state index contributed by atoms with van der Waals surface area (Å²) in [5.74, 6) is 1.74. The number of nitrogens with one attached hydrogen (secondary N) is 1. The van der Waals surface area contributed by atoms with Crippen molar-refractivity contribution < 1.29 is 5.11 Å². The van der Waals surface area contributed by atoms with Gasteiger partial charge in [0.05, 0.1) is 12.2 Å². The Morgan fingerprint density at radius 2 is 1.88 bits per heavy atom. The minimum atomic E-state index is -0.819. The first kappa shape index (κ1) is 17.2. The van der Waals surface area contributed by atoms with Crippen molar-refractivity contribution in [3.8, 4) is 0 Å². The van der Waals surface area contributed by atoms with Gasteiger partial charge < -0.3 is 20.2 Å². The molecule has 0 unspecified atom stereocenters. The number of aromatic nitrogens is 2. The maximum Gasteiger partial charge on any atom is 0.227 e. The topological polar surface area (TPSA) is 64.5 Å². The Hall–Kier alpha value is -2.18. The van der Waals surface area contributed by atoms with Crippen LogP contribution in [-0.4, -0.2) is 55.3 Å². The number of nitrogens with zero attached hydrogens (tertiary/aromatic N) is 4. The van der Waals surface area contributed by atoms with Crippen molar-refractivity contribution in [2.24, 2.45) is 0 Å². The summed E-state index contributed by atoms with van der Waals surface area (Å²) in [6.45, 7) is 3.27. The molecule has 1 fully saturated rings. The molecule has 1 aromatic heterocycles. The van der Waals surface area contributed by atoms with Crippen LogP contribution in [0.2, 0.25) is 0 Å². The summed E-state index contributed by atoms with van der Waals surface area (Å²) in [5.41, 5.74) is 2.54. The van der Waals surface area contributed by atoms with Gasteiger partial charge in [0.1, 0.15) is 11.4 Å². The molecule has 1 aromatic carbocycles. The lowest BCUT2D eigenvalue weighted by molar-refractivity contribution is 0.0606. The van der Waals surface area contributed by atoms with Crippen molar-refractivity contribution in [1.82, 2.24) is 15.3 Å². The van der Waals surface area contributed by atoms with Crippen LogP contribution in [-0.2, 0) is 18.4 Å². The first-order valence-corrected chi connectivity index (χ1v) is 9.37. The molecule has 0 aliphatic carbocycles. The van der Waals surface area contributed by atoms with Crippen molar-refractivity contribution in [3.63, 3.8) is 0 Å². The van der Waals surface area contributed by atoms with Crippen molar-refractivity contribution in [1.29, 1.82) is 0 Å². The van der Waals surface area contributed by atoms with Gasteiger partial charge in [0.25, 0.3) is 0 Å². The molecule has 6 heteroatoms. The lowest BCUT2D eigenvalue weighted by Crippen LogP contribution is -2.32. The highest BCUT2D eigenvalue weighted by molar-refractivity contribution is 5.55. The van der Waals surface area contributed by atoms with E-state index in [-0.39, 0.29) is 0 Å². The minimum absolute atomic E-state index is 0.570. The van der Waals surface area contributed by atoms with Crippen molar-refractivity contribution in [3.05, 3.63) is 47.2 Å². The molecule has 4 rings (SSSR count). The van der Waals surface area contributed by atoms with Gasteiger partial charge in [0.2, 0.25) is 5.95 Å². The van der Waals surface area contributed by atoms with Gasteiger partial charge in [0, 0.05) is 39.2 Å². The molecule has 0 amide bonds. The largest absolute Gasteiger partial charge is 0.383 e. The number of hydrogen-bond acceptors (Lipinski definition) is 6. The molecular formula is C20H27N5O. The molecule has 6 nitrogen and oxygen atoms in total. The summed E-state index contributed by atoms with van der Waals surface area (Å²) >= 11 is 0. The summed E-state index contributed by atoms with van der Waals surface area (Å²) in [4.78, 5) is 13.9. The molecule has 0 spiro atoms. The van der Waals surface area contributed by atoms with E-state index in [9.17, 15) is 5.11 Å². The fourth-order valence-electron chi connectivity index (χ4n) is 3.93. The molecular weight excluding hydrogens is 326 g/mol. The van der Waals surface area contributed by atoms with Crippen molar-refractivity contribution >= 4 is 11.8 Å². The van der Waals surface area contributed by atoms with Gasteiger partial charge in [-0.3, -0.25) is 0 Å². The summed E-state index contributed by atoms with van der Waals surface area (Å²) in [5, 5.41) is 14.7. The third kappa shape index (κ3) is 3.15. The second-order valence-electron chi connectivity index (χ2n) is 7.49. The normalized spacial score (nSPS) is 22.8. The molecule has 26 heavy (non-hydrogen) atoms. The maximum absolute atomic E-state index is 11.2. The van der Waals surface area contributed by atoms with E-state index in [2.05, 4.69) is 10.2 Å². The molecule has 3 heterocycles. The standard InChI is InChI=1S/C20H27N5O/c1-24(2)19-22-17-9-12-21-11-8-16(17)18(23-19)25-13-10-20(26,14-25)15-6-4-3-5-7-15/h3-7,21,26H,8-14H2,1-2H3/t20-/m1/s1. The van der Waals surface area contributed by atoms with E-state index in [1.165, 1.54) is 5.56 Å². The van der Waals surface area contributed by atoms with Gasteiger partial charge in [0.15, 0.2) is 0 Å². The van der Waals surface area contributed by atoms with Crippen LogP contribution < -0.4 is 15.1 Å². The molecule has 2 aromatic rings. The first-order chi connectivity index (χ1) is 12.6. The van der Waals surface area contributed by atoms with E-state index in [1.54, 1.807) is 0 Å². The number of hydrogen-bond donors (Lipinski definition) is 2. The number of anilines is 2. The van der Waals surface area contributed by atoms with Gasteiger partial charge in [-0.05, 0) is 24.9 Å². The van der Waals surface area contributed by atoms with E-state index in [0.29, 0.717) is 13.0 Å². The zero-order valence-corrected chi connectivity index (χ0v) is 15.6. The Kier molecular flexibility index (Phi) is 4.54. The smallest absolute Gasteiger partial charge is 0.227 e. The molecule has 0 saturated carbocycles. The van der Waals surface area contributed by atoms with Gasteiger partial charge in [-0.1, -0.05) is 30.3 Å². The van der Waals surface area contributed by atoms with Gasteiger partial charge in [-0.15, -0.1) is 0 Å². The molecule has 2 N–H and O–H groups in total. The second-order valence-corrected chi connectivity index (χ2v) is 7.49.